The number of nitrogens with one attached hydrogen (secondary N) is 1. The number of aliphatic hydroxyl groups is 1. The summed E-state index contributed by atoms with van der Waals surface area (Å²) in [6, 6.07) is 8.00. The fourth-order valence-electron chi connectivity index (χ4n) is 5.89. The molecule has 1 saturated carbocycles. The van der Waals surface area contributed by atoms with Crippen LogP contribution in [0.4, 0.5) is 5.69 Å². The molecule has 2 bridgehead atoms. The molecule has 31 heavy (non-hydrogen) atoms. The van der Waals surface area contributed by atoms with Crippen molar-refractivity contribution in [2.45, 2.75) is 62.7 Å². The van der Waals surface area contributed by atoms with E-state index in [2.05, 4.69) is 27.2 Å². The smallest absolute Gasteiger partial charge is 0.176 e. The third kappa shape index (κ3) is 4.44. The second-order valence-electron chi connectivity index (χ2n) is 9.49. The maximum atomic E-state index is 11.4. The third-order valence-corrected chi connectivity index (χ3v) is 7.66. The highest BCUT2D eigenvalue weighted by Crippen LogP contribution is 2.34. The Balaban J connectivity index is 1.21. The van der Waals surface area contributed by atoms with Crippen LogP contribution in [-0.2, 0) is 9.47 Å². The van der Waals surface area contributed by atoms with Gasteiger partial charge in [-0.25, -0.2) is 0 Å². The number of benzene rings is 1. The molecule has 1 aromatic rings. The number of fused-ring (bicyclic) bond motifs is 2. The Morgan fingerprint density at radius 1 is 1.10 bits per heavy atom. The number of hydrogen-bond donors (Lipinski definition) is 2. The first-order valence-electron chi connectivity index (χ1n) is 12.0. The predicted octanol–water partition coefficient (Wildman–Crippen LogP) is 1.84. The standard InChI is InChI=1S/C24H37N3O4/c1-29-19-10-6-5-9-18(19)26-11-13-27(14-12-26)22-23(28)21(20-16-30-24(22)31-20)25-15-17-7-3-2-4-8-17/h5-6,9-10,17,20-25,28H,2-4,7-8,11-16H2,1H3/t20-,21-,22-,23+,24-/m1/s1. The van der Waals surface area contributed by atoms with E-state index in [0.717, 1.165) is 50.1 Å². The molecule has 0 amide bonds. The maximum absolute atomic E-state index is 11.4. The number of anilines is 1. The highest BCUT2D eigenvalue weighted by molar-refractivity contribution is 5.58. The van der Waals surface area contributed by atoms with Gasteiger partial charge in [0.1, 0.15) is 11.9 Å². The number of hydrogen-bond acceptors (Lipinski definition) is 7. The molecule has 0 unspecified atom stereocenters. The molecule has 172 valence electrons. The zero-order valence-corrected chi connectivity index (χ0v) is 18.6. The van der Waals surface area contributed by atoms with E-state index in [1.807, 2.05) is 12.1 Å². The van der Waals surface area contributed by atoms with E-state index < -0.39 is 6.10 Å². The maximum Gasteiger partial charge on any atom is 0.176 e. The van der Waals surface area contributed by atoms with Gasteiger partial charge in [0.15, 0.2) is 6.29 Å². The zero-order valence-electron chi connectivity index (χ0n) is 18.6. The summed E-state index contributed by atoms with van der Waals surface area (Å²) in [6.07, 6.45) is 5.79. The largest absolute Gasteiger partial charge is 0.495 e. The minimum absolute atomic E-state index is 0.0466. The van der Waals surface area contributed by atoms with Crippen LogP contribution in [0, 0.1) is 5.92 Å². The fourth-order valence-corrected chi connectivity index (χ4v) is 5.89. The van der Waals surface area contributed by atoms with Gasteiger partial charge in [0, 0.05) is 26.2 Å². The molecule has 0 aromatic heterocycles. The van der Waals surface area contributed by atoms with Gasteiger partial charge in [0.25, 0.3) is 0 Å². The van der Waals surface area contributed by atoms with Crippen molar-refractivity contribution in [1.29, 1.82) is 0 Å². The van der Waals surface area contributed by atoms with Crippen LogP contribution in [0.5, 0.6) is 5.75 Å². The molecule has 1 aromatic carbocycles. The number of rotatable bonds is 6. The molecule has 3 saturated heterocycles. The van der Waals surface area contributed by atoms with Crippen LogP contribution in [-0.4, -0.2) is 87.0 Å². The van der Waals surface area contributed by atoms with Crippen LogP contribution in [0.1, 0.15) is 32.1 Å². The Kier molecular flexibility index (Phi) is 6.67. The van der Waals surface area contributed by atoms with Crippen molar-refractivity contribution in [1.82, 2.24) is 10.2 Å². The monoisotopic (exact) mass is 431 g/mol. The van der Waals surface area contributed by atoms with Crippen molar-refractivity contribution in [3.8, 4) is 5.75 Å². The Hall–Kier alpha value is -1.38. The van der Waals surface area contributed by atoms with Gasteiger partial charge in [-0.1, -0.05) is 31.4 Å². The Labute approximate surface area is 185 Å². The molecule has 5 atom stereocenters. The summed E-state index contributed by atoms with van der Waals surface area (Å²) in [5, 5.41) is 15.0. The molecule has 0 spiro atoms. The van der Waals surface area contributed by atoms with E-state index in [4.69, 9.17) is 14.2 Å². The number of para-hydroxylation sites is 2. The summed E-state index contributed by atoms with van der Waals surface area (Å²) >= 11 is 0. The Morgan fingerprint density at radius 2 is 1.87 bits per heavy atom. The lowest BCUT2D eigenvalue weighted by molar-refractivity contribution is -0.183. The van der Waals surface area contributed by atoms with Crippen LogP contribution in [0.3, 0.4) is 0 Å². The first-order valence-corrected chi connectivity index (χ1v) is 12.0. The topological polar surface area (TPSA) is 66.4 Å². The van der Waals surface area contributed by atoms with Gasteiger partial charge < -0.3 is 29.5 Å². The predicted molar refractivity (Wildman–Crippen MR) is 120 cm³/mol. The van der Waals surface area contributed by atoms with Crippen LogP contribution >= 0.6 is 0 Å². The minimum Gasteiger partial charge on any atom is -0.495 e. The Bertz CT molecular complexity index is 721. The molecule has 7 nitrogen and oxygen atoms in total. The van der Waals surface area contributed by atoms with Crippen LogP contribution in [0.25, 0.3) is 0 Å². The lowest BCUT2D eigenvalue weighted by atomic mass is 9.88. The molecule has 3 aliphatic heterocycles. The summed E-state index contributed by atoms with van der Waals surface area (Å²) in [6.45, 7) is 5.05. The van der Waals surface area contributed by atoms with Crippen molar-refractivity contribution in [3.05, 3.63) is 24.3 Å². The van der Waals surface area contributed by atoms with Gasteiger partial charge >= 0.3 is 0 Å². The van der Waals surface area contributed by atoms with Gasteiger partial charge in [0.05, 0.1) is 37.6 Å². The second-order valence-corrected chi connectivity index (χ2v) is 9.49. The van der Waals surface area contributed by atoms with Gasteiger partial charge in [-0.15, -0.1) is 0 Å². The van der Waals surface area contributed by atoms with Crippen LogP contribution in [0.2, 0.25) is 0 Å². The van der Waals surface area contributed by atoms with Crippen molar-refractivity contribution in [2.75, 3.05) is 51.3 Å². The van der Waals surface area contributed by atoms with E-state index in [-0.39, 0.29) is 24.5 Å². The van der Waals surface area contributed by atoms with E-state index in [0.29, 0.717) is 6.61 Å². The number of ether oxygens (including phenoxy) is 3. The van der Waals surface area contributed by atoms with Crippen LogP contribution < -0.4 is 15.0 Å². The second kappa shape index (κ2) is 9.63. The average molecular weight is 432 g/mol. The number of aliphatic hydroxyl groups excluding tert-OH is 1. The highest BCUT2D eigenvalue weighted by Gasteiger charge is 2.52. The summed E-state index contributed by atoms with van der Waals surface area (Å²) in [5.41, 5.74) is 1.13. The molecule has 5 rings (SSSR count). The van der Waals surface area contributed by atoms with Crippen molar-refractivity contribution in [3.63, 3.8) is 0 Å². The normalized spacial score (nSPS) is 34.8. The summed E-state index contributed by atoms with van der Waals surface area (Å²) in [7, 11) is 1.72. The van der Waals surface area contributed by atoms with E-state index in [1.165, 1.54) is 32.1 Å². The highest BCUT2D eigenvalue weighted by atomic mass is 16.7. The average Bonchev–Trinajstić information content (AvgIpc) is 3.25. The number of methoxy groups -OCH3 is 1. The van der Waals surface area contributed by atoms with E-state index in [9.17, 15) is 5.11 Å². The fraction of sp³-hybridized carbons (Fsp3) is 0.750. The van der Waals surface area contributed by atoms with Crippen molar-refractivity contribution >= 4 is 5.69 Å². The number of nitrogens with zero attached hydrogens (tertiary/aromatic N) is 2. The van der Waals surface area contributed by atoms with Gasteiger partial charge in [-0.05, 0) is 37.4 Å². The van der Waals surface area contributed by atoms with Gasteiger partial charge in [0.2, 0.25) is 0 Å². The molecule has 2 N–H and O–H groups in total. The molecule has 7 heteroatoms. The molecule has 0 radical (unpaired) electrons. The molecule has 4 aliphatic rings. The summed E-state index contributed by atoms with van der Waals surface area (Å²) in [5.74, 6) is 1.63. The lowest BCUT2D eigenvalue weighted by Crippen LogP contribution is -2.67. The van der Waals surface area contributed by atoms with E-state index >= 15 is 0 Å². The van der Waals surface area contributed by atoms with Crippen molar-refractivity contribution < 1.29 is 19.3 Å². The van der Waals surface area contributed by atoms with Gasteiger partial charge in [-0.3, -0.25) is 4.90 Å². The van der Waals surface area contributed by atoms with Crippen molar-refractivity contribution in [2.24, 2.45) is 5.92 Å². The SMILES string of the molecule is COc1ccccc1N1CCN([C@H]2[C@@H]3OC[C@@H](O3)[C@@H](NCC3CCCCC3)[C@@H]2O)CC1. The Morgan fingerprint density at radius 3 is 2.65 bits per heavy atom. The van der Waals surface area contributed by atoms with E-state index in [1.54, 1.807) is 7.11 Å². The van der Waals surface area contributed by atoms with Crippen LogP contribution in [0.15, 0.2) is 24.3 Å². The lowest BCUT2D eigenvalue weighted by Gasteiger charge is -2.47. The molecular weight excluding hydrogens is 394 g/mol. The van der Waals surface area contributed by atoms with Gasteiger partial charge in [-0.2, -0.15) is 0 Å². The first kappa shape index (κ1) is 21.5. The molecule has 1 aliphatic carbocycles. The zero-order chi connectivity index (χ0) is 21.2. The minimum atomic E-state index is -0.479. The summed E-state index contributed by atoms with van der Waals surface area (Å²) in [4.78, 5) is 4.72. The molecule has 3 heterocycles. The molecular formula is C24H37N3O4. The first-order chi connectivity index (χ1) is 15.2. The molecule has 4 fully saturated rings. The third-order valence-electron chi connectivity index (χ3n) is 7.66. The quantitative estimate of drug-likeness (QED) is 0.713. The number of piperazine rings is 1. The summed E-state index contributed by atoms with van der Waals surface area (Å²) < 4.78 is 17.7.